The van der Waals surface area contributed by atoms with Crippen molar-refractivity contribution < 1.29 is 0 Å². The van der Waals surface area contributed by atoms with E-state index in [2.05, 4.69) is 25.5 Å². The van der Waals surface area contributed by atoms with Crippen molar-refractivity contribution in [2.45, 2.75) is 10.1 Å². The molecule has 0 saturated carbocycles. The number of thiophene rings is 1. The molecular formula is C12H14N6S3. The zero-order chi connectivity index (χ0) is 14.8. The van der Waals surface area contributed by atoms with E-state index in [4.69, 9.17) is 0 Å². The summed E-state index contributed by atoms with van der Waals surface area (Å²) in [6, 6.07) is 2.04. The fourth-order valence-corrected chi connectivity index (χ4v) is 4.12. The second-order valence-corrected chi connectivity index (χ2v) is 7.48. The molecule has 0 aliphatic carbocycles. The van der Waals surface area contributed by atoms with Crippen LogP contribution in [0.15, 0.2) is 15.8 Å². The molecule has 3 aromatic heterocycles. The normalized spacial score (nSPS) is 11.0. The van der Waals surface area contributed by atoms with Crippen molar-refractivity contribution in [3.63, 3.8) is 0 Å². The van der Waals surface area contributed by atoms with Crippen molar-refractivity contribution in [1.82, 2.24) is 20.2 Å². The van der Waals surface area contributed by atoms with Crippen LogP contribution in [-0.2, 0) is 5.75 Å². The number of hydrogen-bond acceptors (Lipinski definition) is 9. The fourth-order valence-electron chi connectivity index (χ4n) is 1.72. The molecule has 0 bridgehead atoms. The van der Waals surface area contributed by atoms with Gasteiger partial charge in [-0.2, -0.15) is 0 Å². The van der Waals surface area contributed by atoms with Gasteiger partial charge in [0.05, 0.1) is 11.1 Å². The Balaban J connectivity index is 1.78. The molecular weight excluding hydrogens is 324 g/mol. The number of anilines is 2. The van der Waals surface area contributed by atoms with E-state index in [-0.39, 0.29) is 0 Å². The average molecular weight is 338 g/mol. The van der Waals surface area contributed by atoms with Crippen molar-refractivity contribution >= 4 is 55.6 Å². The van der Waals surface area contributed by atoms with Crippen LogP contribution in [0, 0.1) is 0 Å². The summed E-state index contributed by atoms with van der Waals surface area (Å²) >= 11 is 4.81. The molecule has 0 aliphatic rings. The highest BCUT2D eigenvalue weighted by molar-refractivity contribution is 8.00. The van der Waals surface area contributed by atoms with E-state index in [0.29, 0.717) is 5.75 Å². The van der Waals surface area contributed by atoms with E-state index >= 15 is 0 Å². The molecule has 21 heavy (non-hydrogen) atoms. The van der Waals surface area contributed by atoms with Gasteiger partial charge < -0.3 is 10.2 Å². The largest absolute Gasteiger partial charge is 0.372 e. The summed E-state index contributed by atoms with van der Waals surface area (Å²) < 4.78 is 0.930. The molecule has 0 fully saturated rings. The fraction of sp³-hybridized carbons (Fsp3) is 0.333. The summed E-state index contributed by atoms with van der Waals surface area (Å²) in [5.74, 6) is 2.37. The van der Waals surface area contributed by atoms with Gasteiger partial charge in [-0.25, -0.2) is 9.97 Å². The minimum atomic E-state index is 0.685. The number of nitrogens with one attached hydrogen (secondary N) is 1. The predicted molar refractivity (Wildman–Crippen MR) is 90.8 cm³/mol. The predicted octanol–water partition coefficient (Wildman–Crippen LogP) is 2.94. The smallest absolute Gasteiger partial charge is 0.208 e. The zero-order valence-corrected chi connectivity index (χ0v) is 14.3. The average Bonchev–Trinajstić information content (AvgIpc) is 3.12. The minimum Gasteiger partial charge on any atom is -0.372 e. The first-order valence-electron chi connectivity index (χ1n) is 6.23. The van der Waals surface area contributed by atoms with Gasteiger partial charge in [-0.05, 0) is 11.4 Å². The summed E-state index contributed by atoms with van der Waals surface area (Å²) in [5, 5.41) is 15.4. The third-order valence-electron chi connectivity index (χ3n) is 2.71. The first-order chi connectivity index (χ1) is 10.2. The lowest BCUT2D eigenvalue weighted by Gasteiger charge is -2.04. The summed E-state index contributed by atoms with van der Waals surface area (Å²) in [6.45, 7) is 0. The Kier molecular flexibility index (Phi) is 4.22. The van der Waals surface area contributed by atoms with Crippen LogP contribution in [0.2, 0.25) is 0 Å². The van der Waals surface area contributed by atoms with Gasteiger partial charge in [0.15, 0.2) is 4.34 Å². The van der Waals surface area contributed by atoms with E-state index in [1.54, 1.807) is 34.4 Å². The van der Waals surface area contributed by atoms with Gasteiger partial charge in [-0.3, -0.25) is 0 Å². The van der Waals surface area contributed by atoms with Crippen molar-refractivity contribution in [3.05, 3.63) is 17.3 Å². The Morgan fingerprint density at radius 3 is 2.86 bits per heavy atom. The monoisotopic (exact) mass is 338 g/mol. The number of fused-ring (bicyclic) bond motifs is 1. The molecule has 0 amide bonds. The highest BCUT2D eigenvalue weighted by Gasteiger charge is 2.10. The first kappa shape index (κ1) is 14.5. The van der Waals surface area contributed by atoms with Gasteiger partial charge in [0.1, 0.15) is 16.5 Å². The Hall–Kier alpha value is -1.45. The molecule has 3 heterocycles. The number of rotatable bonds is 5. The standard InChI is InChI=1S/C12H14N6S3/c1-13-9-7-4-5-19-10(7)15-8(14-9)6-20-12-17-16-11(21-12)18(2)3/h4-5H,6H2,1-3H3,(H,13,14,15). The molecule has 9 heteroatoms. The summed E-state index contributed by atoms with van der Waals surface area (Å²) in [5.41, 5.74) is 0. The molecule has 0 saturated heterocycles. The van der Waals surface area contributed by atoms with Gasteiger partial charge in [0.25, 0.3) is 0 Å². The van der Waals surface area contributed by atoms with Crippen molar-refractivity contribution in [2.24, 2.45) is 0 Å². The van der Waals surface area contributed by atoms with Crippen LogP contribution in [0.4, 0.5) is 10.9 Å². The Morgan fingerprint density at radius 2 is 2.14 bits per heavy atom. The van der Waals surface area contributed by atoms with E-state index in [0.717, 1.165) is 31.3 Å². The van der Waals surface area contributed by atoms with E-state index in [1.807, 2.05) is 37.5 Å². The van der Waals surface area contributed by atoms with Gasteiger partial charge in [-0.15, -0.1) is 21.5 Å². The maximum atomic E-state index is 4.59. The lowest BCUT2D eigenvalue weighted by molar-refractivity contribution is 0.970. The lowest BCUT2D eigenvalue weighted by Crippen LogP contribution is -2.07. The second kappa shape index (κ2) is 6.12. The van der Waals surface area contributed by atoms with Crippen LogP contribution in [-0.4, -0.2) is 41.3 Å². The van der Waals surface area contributed by atoms with Crippen LogP contribution in [0.25, 0.3) is 10.2 Å². The van der Waals surface area contributed by atoms with Crippen molar-refractivity contribution in [1.29, 1.82) is 0 Å². The van der Waals surface area contributed by atoms with Crippen molar-refractivity contribution in [2.75, 3.05) is 31.4 Å². The van der Waals surface area contributed by atoms with Crippen molar-refractivity contribution in [3.8, 4) is 0 Å². The van der Waals surface area contributed by atoms with E-state index in [1.165, 1.54) is 0 Å². The molecule has 3 rings (SSSR count). The molecule has 3 aromatic rings. The summed E-state index contributed by atoms with van der Waals surface area (Å²) in [6.07, 6.45) is 0. The highest BCUT2D eigenvalue weighted by Crippen LogP contribution is 2.30. The molecule has 0 aliphatic heterocycles. The lowest BCUT2D eigenvalue weighted by atomic mass is 10.4. The van der Waals surface area contributed by atoms with Crippen LogP contribution in [0.3, 0.4) is 0 Å². The van der Waals surface area contributed by atoms with E-state index < -0.39 is 0 Å². The van der Waals surface area contributed by atoms with Crippen LogP contribution < -0.4 is 10.2 Å². The SMILES string of the molecule is CNc1nc(CSc2nnc(N(C)C)s2)nc2sccc12. The molecule has 6 nitrogen and oxygen atoms in total. The van der Waals surface area contributed by atoms with Gasteiger partial charge >= 0.3 is 0 Å². The number of thioether (sulfide) groups is 1. The van der Waals surface area contributed by atoms with Crippen LogP contribution in [0.1, 0.15) is 5.82 Å². The Labute approximate surface area is 134 Å². The van der Waals surface area contributed by atoms with E-state index in [9.17, 15) is 0 Å². The zero-order valence-electron chi connectivity index (χ0n) is 11.8. The molecule has 0 aromatic carbocycles. The van der Waals surface area contributed by atoms with Crippen LogP contribution >= 0.6 is 34.4 Å². The minimum absolute atomic E-state index is 0.685. The Bertz CT molecular complexity index is 750. The number of aromatic nitrogens is 4. The topological polar surface area (TPSA) is 66.8 Å². The molecule has 1 N–H and O–H groups in total. The van der Waals surface area contributed by atoms with Gasteiger partial charge in [0.2, 0.25) is 5.13 Å². The third kappa shape index (κ3) is 3.09. The number of nitrogens with zero attached hydrogens (tertiary/aromatic N) is 5. The van der Waals surface area contributed by atoms with Gasteiger partial charge in [0, 0.05) is 21.1 Å². The second-order valence-electron chi connectivity index (χ2n) is 4.41. The highest BCUT2D eigenvalue weighted by atomic mass is 32.2. The first-order valence-corrected chi connectivity index (χ1v) is 8.91. The molecule has 0 atom stereocenters. The molecule has 110 valence electrons. The summed E-state index contributed by atoms with van der Waals surface area (Å²) in [4.78, 5) is 12.1. The molecule has 0 spiro atoms. The van der Waals surface area contributed by atoms with Gasteiger partial charge in [-0.1, -0.05) is 23.1 Å². The maximum Gasteiger partial charge on any atom is 0.208 e. The quantitative estimate of drug-likeness (QED) is 0.717. The third-order valence-corrected chi connectivity index (χ3v) is 5.74. The maximum absolute atomic E-state index is 4.59. The number of hydrogen-bond donors (Lipinski definition) is 1. The molecule has 0 unspecified atom stereocenters. The van der Waals surface area contributed by atoms with Crippen LogP contribution in [0.5, 0.6) is 0 Å². The summed E-state index contributed by atoms with van der Waals surface area (Å²) in [7, 11) is 5.80. The molecule has 0 radical (unpaired) electrons. The Morgan fingerprint density at radius 1 is 1.29 bits per heavy atom.